The van der Waals surface area contributed by atoms with Gasteiger partial charge in [-0.3, -0.25) is 4.79 Å². The van der Waals surface area contributed by atoms with Crippen molar-refractivity contribution in [3.05, 3.63) is 4.91 Å². The molecule has 0 aromatic carbocycles. The van der Waals surface area contributed by atoms with E-state index in [1.165, 1.54) is 0 Å². The lowest BCUT2D eigenvalue weighted by Gasteiger charge is -2.15. The van der Waals surface area contributed by atoms with E-state index in [1.54, 1.807) is 13.8 Å². The van der Waals surface area contributed by atoms with Crippen LogP contribution in [-0.4, -0.2) is 24.4 Å². The average Bonchev–Trinajstić information content (AvgIpc) is 2.29. The summed E-state index contributed by atoms with van der Waals surface area (Å²) in [7, 11) is 0. The fraction of sp³-hybridized carbons (Fsp3) is 0.833. The van der Waals surface area contributed by atoms with Crippen LogP contribution in [0.4, 0.5) is 0 Å². The summed E-state index contributed by atoms with van der Waals surface area (Å²) >= 11 is 0. The maximum absolute atomic E-state index is 10.6. The fourth-order valence-electron chi connectivity index (χ4n) is 0.867. The van der Waals surface area contributed by atoms with Gasteiger partial charge in [0.2, 0.25) is 0 Å². The van der Waals surface area contributed by atoms with E-state index in [0.717, 1.165) is 0 Å². The Morgan fingerprint density at radius 2 is 2.27 bits per heavy atom. The number of carbonyl (C=O) groups excluding carboxylic acids is 1. The number of amides is 1. The fourth-order valence-corrected chi connectivity index (χ4v) is 0.867. The maximum Gasteiger partial charge on any atom is 0.317 e. The minimum atomic E-state index is -0.817. The van der Waals surface area contributed by atoms with Gasteiger partial charge in [-0.25, -0.2) is 0 Å². The van der Waals surface area contributed by atoms with Crippen molar-refractivity contribution in [1.82, 2.24) is 0 Å². The molecular weight excluding hydrogens is 150 g/mol. The molecule has 1 aliphatic rings. The molecule has 0 spiro atoms. The van der Waals surface area contributed by atoms with Gasteiger partial charge >= 0.3 is 5.91 Å². The van der Waals surface area contributed by atoms with E-state index in [0.29, 0.717) is 0 Å². The van der Waals surface area contributed by atoms with Crippen molar-refractivity contribution < 1.29 is 14.3 Å². The lowest BCUT2D eigenvalue weighted by molar-refractivity contribution is -0.151. The molecule has 0 N–H and O–H groups in total. The Labute approximate surface area is 63.6 Å². The molecule has 0 saturated carbocycles. The Morgan fingerprint density at radius 1 is 1.64 bits per heavy atom. The molecule has 1 heterocycles. The van der Waals surface area contributed by atoms with E-state index < -0.39 is 17.8 Å². The standard InChI is InChI=1S/C6H9NO4/c1-6(2)10-3-4(11-6)5(8)7-9/h4H,3H2,1-2H3/t4-/m1/s1. The van der Waals surface area contributed by atoms with Gasteiger partial charge in [0.15, 0.2) is 11.9 Å². The molecular formula is C6H9NO4. The molecule has 0 radical (unpaired) electrons. The van der Waals surface area contributed by atoms with Crippen LogP contribution < -0.4 is 0 Å². The van der Waals surface area contributed by atoms with Crippen LogP contribution in [-0.2, 0) is 14.3 Å². The second-order valence-corrected chi connectivity index (χ2v) is 2.75. The first-order valence-corrected chi connectivity index (χ1v) is 3.24. The average molecular weight is 159 g/mol. The molecule has 1 atom stereocenters. The van der Waals surface area contributed by atoms with Crippen LogP contribution in [0, 0.1) is 4.91 Å². The van der Waals surface area contributed by atoms with Crippen molar-refractivity contribution in [2.75, 3.05) is 6.61 Å². The zero-order valence-electron chi connectivity index (χ0n) is 6.36. The third-order valence-corrected chi connectivity index (χ3v) is 1.37. The van der Waals surface area contributed by atoms with Crippen molar-refractivity contribution >= 4 is 5.91 Å². The normalized spacial score (nSPS) is 28.4. The van der Waals surface area contributed by atoms with E-state index in [9.17, 15) is 9.70 Å². The van der Waals surface area contributed by atoms with Crippen LogP contribution in [0.5, 0.6) is 0 Å². The molecule has 0 aromatic rings. The summed E-state index contributed by atoms with van der Waals surface area (Å²) in [6, 6.07) is 0. The first kappa shape index (κ1) is 8.29. The number of nitroso groups, excluding NO2 is 1. The number of ether oxygens (including phenoxy) is 2. The van der Waals surface area contributed by atoms with Crippen molar-refractivity contribution in [3.8, 4) is 0 Å². The number of hydrogen-bond acceptors (Lipinski definition) is 4. The van der Waals surface area contributed by atoms with E-state index in [1.807, 2.05) is 0 Å². The van der Waals surface area contributed by atoms with E-state index in [2.05, 4.69) is 5.18 Å². The second-order valence-electron chi connectivity index (χ2n) is 2.75. The monoisotopic (exact) mass is 159 g/mol. The molecule has 1 aliphatic heterocycles. The lowest BCUT2D eigenvalue weighted by atomic mass is 10.3. The summed E-state index contributed by atoms with van der Waals surface area (Å²) in [5, 5.41) is 2.24. The minimum Gasteiger partial charge on any atom is -0.347 e. The molecule has 1 amide bonds. The maximum atomic E-state index is 10.6. The van der Waals surface area contributed by atoms with Crippen molar-refractivity contribution in [3.63, 3.8) is 0 Å². The minimum absolute atomic E-state index is 0.109. The zero-order valence-corrected chi connectivity index (χ0v) is 6.36. The number of nitrogens with zero attached hydrogens (tertiary/aromatic N) is 1. The van der Waals surface area contributed by atoms with Gasteiger partial charge in [-0.05, 0) is 13.8 Å². The van der Waals surface area contributed by atoms with Crippen molar-refractivity contribution in [2.24, 2.45) is 5.18 Å². The van der Waals surface area contributed by atoms with Crippen LogP contribution in [0.2, 0.25) is 0 Å². The predicted molar refractivity (Wildman–Crippen MR) is 35.7 cm³/mol. The summed E-state index contributed by atoms with van der Waals surface area (Å²) < 4.78 is 10.1. The molecule has 1 rings (SSSR count). The third-order valence-electron chi connectivity index (χ3n) is 1.37. The Kier molecular flexibility index (Phi) is 2.01. The topological polar surface area (TPSA) is 65.0 Å². The summed E-state index contributed by atoms with van der Waals surface area (Å²) in [6.07, 6.45) is -0.817. The highest BCUT2D eigenvalue weighted by Gasteiger charge is 2.37. The van der Waals surface area contributed by atoms with Gasteiger partial charge in [-0.2, -0.15) is 0 Å². The molecule has 0 aliphatic carbocycles. The SMILES string of the molecule is CC1(C)OC[C@H](C(=O)N=O)O1. The number of rotatable bonds is 1. The van der Waals surface area contributed by atoms with Gasteiger partial charge in [0.1, 0.15) is 0 Å². The Balaban J connectivity index is 2.54. The predicted octanol–water partition coefficient (Wildman–Crippen LogP) is 0.431. The van der Waals surface area contributed by atoms with Gasteiger partial charge in [-0.1, -0.05) is 0 Å². The van der Waals surface area contributed by atoms with E-state index >= 15 is 0 Å². The third kappa shape index (κ3) is 1.81. The quantitative estimate of drug-likeness (QED) is 0.520. The van der Waals surface area contributed by atoms with Crippen molar-refractivity contribution in [1.29, 1.82) is 0 Å². The first-order chi connectivity index (χ1) is 5.05. The number of hydrogen-bond donors (Lipinski definition) is 0. The molecule has 0 bridgehead atoms. The summed E-state index contributed by atoms with van der Waals surface area (Å²) in [5.41, 5.74) is 0. The molecule has 62 valence electrons. The Bertz CT molecular complexity index is 189. The van der Waals surface area contributed by atoms with Gasteiger partial charge in [-0.15, -0.1) is 4.91 Å². The second kappa shape index (κ2) is 2.67. The smallest absolute Gasteiger partial charge is 0.317 e. The van der Waals surface area contributed by atoms with Gasteiger partial charge in [0.25, 0.3) is 0 Å². The largest absolute Gasteiger partial charge is 0.347 e. The lowest BCUT2D eigenvalue weighted by Crippen LogP contribution is -2.25. The van der Waals surface area contributed by atoms with Crippen LogP contribution >= 0.6 is 0 Å². The summed E-state index contributed by atoms with van der Waals surface area (Å²) in [5.74, 6) is -1.58. The first-order valence-electron chi connectivity index (χ1n) is 3.24. The van der Waals surface area contributed by atoms with Crippen LogP contribution in [0.1, 0.15) is 13.8 Å². The van der Waals surface area contributed by atoms with Crippen LogP contribution in [0.25, 0.3) is 0 Å². The molecule has 5 heteroatoms. The highest BCUT2D eigenvalue weighted by atomic mass is 16.7. The molecule has 1 fully saturated rings. The Morgan fingerprint density at radius 3 is 2.64 bits per heavy atom. The van der Waals surface area contributed by atoms with Crippen LogP contribution in [0.15, 0.2) is 5.18 Å². The summed E-state index contributed by atoms with van der Waals surface area (Å²) in [6.45, 7) is 3.45. The molecule has 0 aromatic heterocycles. The summed E-state index contributed by atoms with van der Waals surface area (Å²) in [4.78, 5) is 20.4. The highest BCUT2D eigenvalue weighted by molar-refractivity contribution is 5.81. The number of carbonyl (C=O) groups is 1. The van der Waals surface area contributed by atoms with Gasteiger partial charge in [0, 0.05) is 5.18 Å². The van der Waals surface area contributed by atoms with E-state index in [4.69, 9.17) is 9.47 Å². The van der Waals surface area contributed by atoms with Gasteiger partial charge in [0.05, 0.1) is 6.61 Å². The molecule has 11 heavy (non-hydrogen) atoms. The Hall–Kier alpha value is -0.810. The van der Waals surface area contributed by atoms with Gasteiger partial charge < -0.3 is 9.47 Å². The molecule has 0 unspecified atom stereocenters. The van der Waals surface area contributed by atoms with Crippen molar-refractivity contribution in [2.45, 2.75) is 25.7 Å². The molecule has 1 saturated heterocycles. The highest BCUT2D eigenvalue weighted by Crippen LogP contribution is 2.22. The zero-order chi connectivity index (χ0) is 8.48. The molecule has 5 nitrogen and oxygen atoms in total. The van der Waals surface area contributed by atoms with E-state index in [-0.39, 0.29) is 6.61 Å². The van der Waals surface area contributed by atoms with Crippen LogP contribution in [0.3, 0.4) is 0 Å².